The Morgan fingerprint density at radius 2 is 1.56 bits per heavy atom. The smallest absolute Gasteiger partial charge is 0.415 e. The van der Waals surface area contributed by atoms with Crippen molar-refractivity contribution >= 4 is 29.8 Å². The van der Waals surface area contributed by atoms with Crippen molar-refractivity contribution in [1.29, 1.82) is 0 Å². The molecule has 0 aromatic heterocycles. The van der Waals surface area contributed by atoms with Gasteiger partial charge in [0.05, 0.1) is 26.7 Å². The maximum atomic E-state index is 12.4. The number of carbonyl (C=O) groups excluding carboxylic acids is 3. The van der Waals surface area contributed by atoms with E-state index in [1.165, 1.54) is 43.4 Å². The topological polar surface area (TPSA) is 123 Å². The maximum Gasteiger partial charge on any atom is 0.415 e. The zero-order valence-electron chi connectivity index (χ0n) is 20.2. The number of phenols is 1. The summed E-state index contributed by atoms with van der Waals surface area (Å²) in [5.74, 6) is 0.0394. The quantitative estimate of drug-likeness (QED) is 0.400. The van der Waals surface area contributed by atoms with E-state index in [-0.39, 0.29) is 41.8 Å². The lowest BCUT2D eigenvalue weighted by Crippen LogP contribution is -2.43. The van der Waals surface area contributed by atoms with Gasteiger partial charge in [-0.2, -0.15) is 0 Å². The minimum Gasteiger partial charge on any atom is -0.504 e. The van der Waals surface area contributed by atoms with E-state index in [1.807, 2.05) is 0 Å². The van der Waals surface area contributed by atoms with Crippen LogP contribution in [0.3, 0.4) is 0 Å². The molecule has 9 nitrogen and oxygen atoms in total. The number of β-amino-alcohol motifs (C(OH)–C–C–N with tert-alkyl or cyclic N) is 1. The van der Waals surface area contributed by atoms with Crippen LogP contribution in [0.25, 0.3) is 12.2 Å². The molecule has 0 saturated carbocycles. The minimum absolute atomic E-state index is 0.00838. The number of benzene rings is 2. The SMILES string of the molecule is COc1cc(C=CC(=O)CC(=O)C=Cc2ccc(OC(=O)N3CCCC(O)C3)c(OC)c2)ccc1O. The van der Waals surface area contributed by atoms with Gasteiger partial charge in [-0.25, -0.2) is 4.79 Å². The average Bonchev–Trinajstić information content (AvgIpc) is 2.87. The maximum absolute atomic E-state index is 12.4. The Morgan fingerprint density at radius 3 is 2.17 bits per heavy atom. The van der Waals surface area contributed by atoms with Crippen molar-refractivity contribution in [3.8, 4) is 23.0 Å². The molecule has 0 spiro atoms. The fraction of sp³-hybridized carbons (Fsp3) is 0.296. The number of amides is 1. The van der Waals surface area contributed by atoms with E-state index in [0.717, 1.165) is 0 Å². The summed E-state index contributed by atoms with van der Waals surface area (Å²) in [4.78, 5) is 38.2. The van der Waals surface area contributed by atoms with Crippen LogP contribution in [0.2, 0.25) is 0 Å². The van der Waals surface area contributed by atoms with Gasteiger partial charge in [0.15, 0.2) is 34.6 Å². The van der Waals surface area contributed by atoms with Crippen LogP contribution in [0.1, 0.15) is 30.4 Å². The third-order valence-electron chi connectivity index (χ3n) is 5.52. The highest BCUT2D eigenvalue weighted by Crippen LogP contribution is 2.30. The number of rotatable bonds is 9. The van der Waals surface area contributed by atoms with Crippen molar-refractivity contribution in [2.24, 2.45) is 0 Å². The number of aliphatic hydroxyl groups excluding tert-OH is 1. The normalized spacial score (nSPS) is 15.8. The molecule has 36 heavy (non-hydrogen) atoms. The first-order valence-corrected chi connectivity index (χ1v) is 11.4. The lowest BCUT2D eigenvalue weighted by molar-refractivity contribution is -0.121. The summed E-state index contributed by atoms with van der Waals surface area (Å²) in [7, 11) is 2.86. The molecule has 1 aliphatic rings. The highest BCUT2D eigenvalue weighted by Gasteiger charge is 2.24. The van der Waals surface area contributed by atoms with Crippen molar-refractivity contribution in [2.75, 3.05) is 27.3 Å². The van der Waals surface area contributed by atoms with Gasteiger partial charge in [0.25, 0.3) is 0 Å². The lowest BCUT2D eigenvalue weighted by Gasteiger charge is -2.29. The predicted octanol–water partition coefficient (Wildman–Crippen LogP) is 3.62. The third-order valence-corrected chi connectivity index (χ3v) is 5.52. The Labute approximate surface area is 209 Å². The van der Waals surface area contributed by atoms with Crippen LogP contribution in [0.4, 0.5) is 4.79 Å². The van der Waals surface area contributed by atoms with Gasteiger partial charge >= 0.3 is 6.09 Å². The summed E-state index contributed by atoms with van der Waals surface area (Å²) < 4.78 is 15.8. The number of allylic oxidation sites excluding steroid dienone is 2. The zero-order chi connectivity index (χ0) is 26.1. The van der Waals surface area contributed by atoms with Crippen molar-refractivity contribution in [1.82, 2.24) is 4.90 Å². The van der Waals surface area contributed by atoms with Gasteiger partial charge in [0.1, 0.15) is 0 Å². The second-order valence-corrected chi connectivity index (χ2v) is 8.23. The van der Waals surface area contributed by atoms with Crippen LogP contribution in [-0.2, 0) is 9.59 Å². The summed E-state index contributed by atoms with van der Waals surface area (Å²) in [5.41, 5.74) is 1.26. The number of hydrogen-bond donors (Lipinski definition) is 2. The number of carbonyl (C=O) groups is 3. The number of aromatic hydroxyl groups is 1. The van der Waals surface area contributed by atoms with E-state index in [9.17, 15) is 24.6 Å². The Hall–Kier alpha value is -4.11. The van der Waals surface area contributed by atoms with Gasteiger partial charge < -0.3 is 29.3 Å². The molecule has 3 rings (SSSR count). The van der Waals surface area contributed by atoms with Crippen LogP contribution in [0.15, 0.2) is 48.6 Å². The molecular formula is C27H29NO8. The fourth-order valence-electron chi connectivity index (χ4n) is 3.62. The standard InChI is InChI=1S/C27H29NO8/c1-34-25-14-18(7-11-23(25)32)5-9-20(29)16-21(30)10-6-19-8-12-24(26(15-19)35-2)36-27(33)28-13-3-4-22(31)17-28/h5-12,14-15,22,31-32H,3-4,13,16-17H2,1-2H3. The van der Waals surface area contributed by atoms with Gasteiger partial charge in [0, 0.05) is 13.1 Å². The van der Waals surface area contributed by atoms with Crippen molar-refractivity contribution in [2.45, 2.75) is 25.4 Å². The van der Waals surface area contributed by atoms with Crippen molar-refractivity contribution in [3.05, 3.63) is 59.7 Å². The van der Waals surface area contributed by atoms with Gasteiger partial charge in [-0.1, -0.05) is 24.3 Å². The molecule has 1 atom stereocenters. The van der Waals surface area contributed by atoms with Crippen LogP contribution in [0.5, 0.6) is 23.0 Å². The first-order chi connectivity index (χ1) is 17.3. The zero-order valence-corrected chi connectivity index (χ0v) is 20.2. The predicted molar refractivity (Wildman–Crippen MR) is 133 cm³/mol. The van der Waals surface area contributed by atoms with Crippen molar-refractivity contribution in [3.63, 3.8) is 0 Å². The lowest BCUT2D eigenvalue weighted by atomic mass is 10.1. The first-order valence-electron chi connectivity index (χ1n) is 11.4. The molecule has 0 bridgehead atoms. The van der Waals surface area contributed by atoms with Crippen LogP contribution in [-0.4, -0.2) is 66.2 Å². The fourth-order valence-corrected chi connectivity index (χ4v) is 3.62. The summed E-state index contributed by atoms with van der Waals surface area (Å²) >= 11 is 0. The monoisotopic (exact) mass is 495 g/mol. The Kier molecular flexibility index (Phi) is 9.24. The molecule has 1 unspecified atom stereocenters. The van der Waals surface area contributed by atoms with E-state index in [4.69, 9.17) is 14.2 Å². The summed E-state index contributed by atoms with van der Waals surface area (Å²) in [5, 5.41) is 19.4. The number of likely N-dealkylation sites (tertiary alicyclic amines) is 1. The molecule has 2 N–H and O–H groups in total. The highest BCUT2D eigenvalue weighted by molar-refractivity contribution is 6.10. The van der Waals surface area contributed by atoms with Gasteiger partial charge in [-0.15, -0.1) is 0 Å². The average molecular weight is 496 g/mol. The molecule has 1 saturated heterocycles. The first kappa shape index (κ1) is 26.5. The van der Waals surface area contributed by atoms with Gasteiger partial charge in [-0.05, 0) is 60.4 Å². The van der Waals surface area contributed by atoms with E-state index in [0.29, 0.717) is 36.3 Å². The molecule has 1 heterocycles. The number of ether oxygens (including phenoxy) is 3. The Balaban J connectivity index is 1.57. The van der Waals surface area contributed by atoms with E-state index < -0.39 is 12.2 Å². The number of phenolic OH excluding ortho intramolecular Hbond substituents is 1. The number of aliphatic hydroxyl groups is 1. The number of hydrogen-bond acceptors (Lipinski definition) is 8. The van der Waals surface area contributed by atoms with E-state index >= 15 is 0 Å². The summed E-state index contributed by atoms with van der Waals surface area (Å²) in [6.07, 6.45) is 5.60. The Bertz CT molecular complexity index is 1170. The second kappa shape index (κ2) is 12.6. The van der Waals surface area contributed by atoms with Crippen LogP contribution in [0, 0.1) is 0 Å². The summed E-state index contributed by atoms with van der Waals surface area (Å²) in [6, 6.07) is 9.46. The van der Waals surface area contributed by atoms with E-state index in [1.54, 1.807) is 36.4 Å². The van der Waals surface area contributed by atoms with E-state index in [2.05, 4.69) is 0 Å². The Morgan fingerprint density at radius 1 is 0.944 bits per heavy atom. The molecule has 2 aromatic rings. The highest BCUT2D eigenvalue weighted by atomic mass is 16.6. The third kappa shape index (κ3) is 7.44. The second-order valence-electron chi connectivity index (χ2n) is 8.23. The molecule has 1 aliphatic heterocycles. The number of nitrogens with zero attached hydrogens (tertiary/aromatic N) is 1. The van der Waals surface area contributed by atoms with Crippen LogP contribution >= 0.6 is 0 Å². The molecule has 9 heteroatoms. The molecular weight excluding hydrogens is 466 g/mol. The summed E-state index contributed by atoms with van der Waals surface area (Å²) in [6.45, 7) is 0.735. The molecule has 1 amide bonds. The van der Waals surface area contributed by atoms with Gasteiger partial charge in [-0.3, -0.25) is 9.59 Å². The van der Waals surface area contributed by atoms with Crippen LogP contribution < -0.4 is 14.2 Å². The largest absolute Gasteiger partial charge is 0.504 e. The number of methoxy groups -OCH3 is 2. The van der Waals surface area contributed by atoms with Crippen molar-refractivity contribution < 1.29 is 38.8 Å². The molecule has 1 fully saturated rings. The number of piperidine rings is 1. The molecule has 0 aliphatic carbocycles. The van der Waals surface area contributed by atoms with Gasteiger partial charge in [0.2, 0.25) is 0 Å². The molecule has 2 aromatic carbocycles. The molecule has 0 radical (unpaired) electrons. The number of ketones is 2. The molecule has 190 valence electrons. The minimum atomic E-state index is -0.567.